The second kappa shape index (κ2) is 7.66. The fraction of sp³-hybridized carbons (Fsp3) is 0.273. The zero-order valence-electron chi connectivity index (χ0n) is 15.8. The molecule has 0 bridgehead atoms. The molecule has 5 heteroatoms. The molecule has 2 aromatic carbocycles. The van der Waals surface area contributed by atoms with E-state index < -0.39 is 5.97 Å². The van der Waals surface area contributed by atoms with Gasteiger partial charge in [-0.3, -0.25) is 0 Å². The number of allylic oxidation sites excluding steroid dienone is 1. The minimum absolute atomic E-state index is 0.254. The quantitative estimate of drug-likeness (QED) is 0.646. The minimum atomic E-state index is -0.934. The van der Waals surface area contributed by atoms with E-state index in [1.807, 2.05) is 73.9 Å². The first kappa shape index (κ1) is 18.7. The summed E-state index contributed by atoms with van der Waals surface area (Å²) in [5, 5.41) is 9.19. The van der Waals surface area contributed by atoms with Gasteiger partial charge in [0.2, 0.25) is 0 Å². The molecule has 0 saturated carbocycles. The lowest BCUT2D eigenvalue weighted by Gasteiger charge is -2.23. The van der Waals surface area contributed by atoms with Crippen LogP contribution in [0.4, 0.5) is 0 Å². The van der Waals surface area contributed by atoms with E-state index >= 15 is 0 Å². The van der Waals surface area contributed by atoms with Crippen LogP contribution < -0.4 is 4.74 Å². The largest absolute Gasteiger partial charge is 0.487 e. The third kappa shape index (κ3) is 4.56. The summed E-state index contributed by atoms with van der Waals surface area (Å²) in [5.41, 5.74) is 3.35. The molecule has 0 radical (unpaired) electrons. The summed E-state index contributed by atoms with van der Waals surface area (Å²) < 4.78 is 7.93. The van der Waals surface area contributed by atoms with E-state index in [1.165, 1.54) is 6.08 Å². The van der Waals surface area contributed by atoms with Gasteiger partial charge in [-0.25, -0.2) is 9.78 Å². The van der Waals surface area contributed by atoms with Crippen LogP contribution >= 0.6 is 0 Å². The molecule has 0 aliphatic carbocycles. The zero-order chi connectivity index (χ0) is 19.4. The number of carboxylic acid groups (broad SMARTS) is 1. The maximum Gasteiger partial charge on any atom is 0.328 e. The Morgan fingerprint density at radius 1 is 1.15 bits per heavy atom. The van der Waals surface area contributed by atoms with Crippen LogP contribution in [0.5, 0.6) is 5.75 Å². The third-order valence-corrected chi connectivity index (χ3v) is 4.45. The number of aliphatic carboxylic acids is 1. The lowest BCUT2D eigenvalue weighted by atomic mass is 9.86. The van der Waals surface area contributed by atoms with Gasteiger partial charge in [-0.15, -0.1) is 0 Å². The molecule has 1 heterocycles. The average Bonchev–Trinajstić information content (AvgIpc) is 3.03. The summed E-state index contributed by atoms with van der Waals surface area (Å²) in [4.78, 5) is 15.7. The van der Waals surface area contributed by atoms with Crippen molar-refractivity contribution in [2.24, 2.45) is 5.41 Å². The lowest BCUT2D eigenvalue weighted by Crippen LogP contribution is -2.16. The number of benzene rings is 2. The number of carboxylic acids is 1. The molecule has 0 aliphatic heterocycles. The maximum atomic E-state index is 11.2. The molecule has 27 heavy (non-hydrogen) atoms. The van der Waals surface area contributed by atoms with E-state index in [1.54, 1.807) is 6.33 Å². The highest BCUT2D eigenvalue weighted by molar-refractivity contribution is 5.83. The van der Waals surface area contributed by atoms with Gasteiger partial charge in [0.15, 0.2) is 0 Å². The normalized spacial score (nSPS) is 12.3. The Hall–Kier alpha value is -3.08. The van der Waals surface area contributed by atoms with E-state index in [-0.39, 0.29) is 5.41 Å². The molecule has 0 saturated heterocycles. The molecule has 3 aromatic rings. The van der Waals surface area contributed by atoms with Crippen LogP contribution in [0.1, 0.15) is 26.3 Å². The van der Waals surface area contributed by atoms with Crippen LogP contribution in [0.3, 0.4) is 0 Å². The van der Waals surface area contributed by atoms with E-state index in [4.69, 9.17) is 4.74 Å². The maximum absolute atomic E-state index is 11.2. The molecule has 0 aliphatic rings. The van der Waals surface area contributed by atoms with Gasteiger partial charge < -0.3 is 14.4 Å². The average molecular weight is 364 g/mol. The van der Waals surface area contributed by atoms with E-state index in [9.17, 15) is 9.90 Å². The number of rotatable bonds is 6. The fourth-order valence-corrected chi connectivity index (χ4v) is 2.87. The van der Waals surface area contributed by atoms with Gasteiger partial charge in [0.05, 0.1) is 11.8 Å². The van der Waals surface area contributed by atoms with Crippen LogP contribution in [0.2, 0.25) is 0 Å². The molecule has 140 valence electrons. The summed E-state index contributed by atoms with van der Waals surface area (Å²) in [6, 6.07) is 15.8. The van der Waals surface area contributed by atoms with Crippen molar-refractivity contribution in [2.75, 3.05) is 0 Å². The van der Waals surface area contributed by atoms with Gasteiger partial charge in [-0.05, 0) is 28.7 Å². The number of carbonyl (C=O) groups is 1. The molecule has 0 spiro atoms. The van der Waals surface area contributed by atoms with Crippen LogP contribution in [0, 0.1) is 5.41 Å². The molecule has 0 unspecified atom stereocenters. The standard InChI is InChI=1S/C22H24N2O3/c1-22(2,3)17(12-20(25)26)13-24-15-23-21-18(24)10-7-11-19(21)27-14-16-8-5-4-6-9-16/h4-12,15H,13-14H2,1-3H3,(H,25,26). The molecular formula is C22H24N2O3. The Bertz CT molecular complexity index is 966. The second-order valence-corrected chi connectivity index (χ2v) is 7.53. The molecule has 1 N–H and O–H groups in total. The Balaban J connectivity index is 1.87. The number of imidazole rings is 1. The topological polar surface area (TPSA) is 64.3 Å². The summed E-state index contributed by atoms with van der Waals surface area (Å²) in [6.07, 6.45) is 3.03. The zero-order valence-corrected chi connectivity index (χ0v) is 15.8. The number of aromatic nitrogens is 2. The number of para-hydroxylation sites is 1. The highest BCUT2D eigenvalue weighted by atomic mass is 16.5. The van der Waals surface area contributed by atoms with Gasteiger partial charge in [0.1, 0.15) is 17.9 Å². The van der Waals surface area contributed by atoms with Crippen molar-refractivity contribution >= 4 is 17.0 Å². The third-order valence-electron chi connectivity index (χ3n) is 4.45. The Morgan fingerprint density at radius 2 is 1.89 bits per heavy atom. The van der Waals surface area contributed by atoms with Crippen molar-refractivity contribution in [3.05, 3.63) is 72.1 Å². The van der Waals surface area contributed by atoms with Crippen LogP contribution in [-0.4, -0.2) is 20.6 Å². The molecule has 5 nitrogen and oxygen atoms in total. The summed E-state index contributed by atoms with van der Waals surface area (Å²) in [5.74, 6) is -0.217. The SMILES string of the molecule is CC(C)(C)C(=CC(=O)O)Cn1cnc2c(OCc3ccccc3)cccc21. The second-order valence-electron chi connectivity index (χ2n) is 7.53. The van der Waals surface area contributed by atoms with E-state index in [0.29, 0.717) is 13.2 Å². The van der Waals surface area contributed by atoms with Gasteiger partial charge >= 0.3 is 5.97 Å². The number of hydrogen-bond donors (Lipinski definition) is 1. The van der Waals surface area contributed by atoms with Crippen LogP contribution in [0.25, 0.3) is 11.0 Å². The van der Waals surface area contributed by atoms with Crippen LogP contribution in [0.15, 0.2) is 66.5 Å². The Labute approximate surface area is 158 Å². The predicted octanol–water partition coefficient (Wildman–Crippen LogP) is 4.67. The molecule has 0 fully saturated rings. The van der Waals surface area contributed by atoms with Crippen molar-refractivity contribution in [3.63, 3.8) is 0 Å². The van der Waals surface area contributed by atoms with Crippen molar-refractivity contribution in [1.29, 1.82) is 0 Å². The summed E-state index contributed by atoms with van der Waals surface area (Å²) in [7, 11) is 0. The molecule has 1 aromatic heterocycles. The van der Waals surface area contributed by atoms with Crippen molar-refractivity contribution < 1.29 is 14.6 Å². The number of fused-ring (bicyclic) bond motifs is 1. The predicted molar refractivity (Wildman–Crippen MR) is 106 cm³/mol. The van der Waals surface area contributed by atoms with Gasteiger partial charge in [0.25, 0.3) is 0 Å². The molecular weight excluding hydrogens is 340 g/mol. The highest BCUT2D eigenvalue weighted by Gasteiger charge is 2.20. The first-order valence-corrected chi connectivity index (χ1v) is 8.89. The highest BCUT2D eigenvalue weighted by Crippen LogP contribution is 2.30. The van der Waals surface area contributed by atoms with Crippen molar-refractivity contribution in [1.82, 2.24) is 9.55 Å². The van der Waals surface area contributed by atoms with Crippen molar-refractivity contribution in [3.8, 4) is 5.75 Å². The first-order valence-electron chi connectivity index (χ1n) is 8.89. The number of ether oxygens (including phenoxy) is 1. The summed E-state index contributed by atoms with van der Waals surface area (Å²) in [6.45, 7) is 6.97. The number of nitrogens with zero attached hydrogens (tertiary/aromatic N) is 2. The van der Waals surface area contributed by atoms with E-state index in [2.05, 4.69) is 4.98 Å². The van der Waals surface area contributed by atoms with Crippen LogP contribution in [-0.2, 0) is 17.9 Å². The molecule has 0 atom stereocenters. The van der Waals surface area contributed by atoms with Gasteiger partial charge in [0, 0.05) is 12.6 Å². The van der Waals surface area contributed by atoms with Gasteiger partial charge in [-0.1, -0.05) is 57.2 Å². The monoisotopic (exact) mass is 364 g/mol. The van der Waals surface area contributed by atoms with E-state index in [0.717, 1.165) is 27.9 Å². The lowest BCUT2D eigenvalue weighted by molar-refractivity contribution is -0.131. The number of hydrogen-bond acceptors (Lipinski definition) is 3. The summed E-state index contributed by atoms with van der Waals surface area (Å²) >= 11 is 0. The fourth-order valence-electron chi connectivity index (χ4n) is 2.87. The smallest absolute Gasteiger partial charge is 0.328 e. The van der Waals surface area contributed by atoms with Crippen molar-refractivity contribution in [2.45, 2.75) is 33.9 Å². The van der Waals surface area contributed by atoms with Gasteiger partial charge in [-0.2, -0.15) is 0 Å². The Morgan fingerprint density at radius 3 is 2.56 bits per heavy atom. The minimum Gasteiger partial charge on any atom is -0.487 e. The Kier molecular flexibility index (Phi) is 5.31. The molecule has 3 rings (SSSR count). The first-order chi connectivity index (χ1) is 12.8. The molecule has 0 amide bonds.